The molecule has 96 valence electrons. The van der Waals surface area contributed by atoms with E-state index in [9.17, 15) is 0 Å². The summed E-state index contributed by atoms with van der Waals surface area (Å²) in [5, 5.41) is 0. The first kappa shape index (κ1) is 11.7. The molecule has 0 aliphatic heterocycles. The molecule has 4 heteroatoms. The maximum Gasteiger partial charge on any atom is 0.107 e. The topological polar surface area (TPSA) is 56.7 Å². The molecule has 0 aliphatic carbocycles. The van der Waals surface area contributed by atoms with E-state index in [0.717, 1.165) is 22.5 Å². The number of pyridine rings is 1. The molecule has 0 fully saturated rings. The van der Waals surface area contributed by atoms with E-state index >= 15 is 0 Å². The van der Waals surface area contributed by atoms with Gasteiger partial charge >= 0.3 is 0 Å². The van der Waals surface area contributed by atoms with Crippen molar-refractivity contribution in [2.24, 2.45) is 0 Å². The van der Waals surface area contributed by atoms with Gasteiger partial charge in [0.25, 0.3) is 0 Å². The van der Waals surface area contributed by atoms with Gasteiger partial charge in [-0.1, -0.05) is 0 Å². The zero-order valence-electron chi connectivity index (χ0n) is 11.0. The monoisotopic (exact) mass is 252 g/mol. The van der Waals surface area contributed by atoms with Crippen LogP contribution in [0.25, 0.3) is 11.0 Å². The minimum absolute atomic E-state index is 0.219. The van der Waals surface area contributed by atoms with Crippen molar-refractivity contribution in [2.45, 2.75) is 19.9 Å². The summed E-state index contributed by atoms with van der Waals surface area (Å²) in [6.07, 6.45) is 3.64. The smallest absolute Gasteiger partial charge is 0.107 e. The van der Waals surface area contributed by atoms with Crippen LogP contribution in [-0.2, 0) is 0 Å². The van der Waals surface area contributed by atoms with E-state index in [1.807, 2.05) is 49.6 Å². The fourth-order valence-corrected chi connectivity index (χ4v) is 2.52. The van der Waals surface area contributed by atoms with Gasteiger partial charge in [-0.15, -0.1) is 0 Å². The number of fused-ring (bicyclic) bond motifs is 1. The molecule has 0 aliphatic rings. The molecular weight excluding hydrogens is 236 g/mol. The number of rotatable bonds is 2. The van der Waals surface area contributed by atoms with Crippen LogP contribution in [0, 0.1) is 6.92 Å². The first-order valence-corrected chi connectivity index (χ1v) is 6.31. The Morgan fingerprint density at radius 3 is 2.63 bits per heavy atom. The van der Waals surface area contributed by atoms with Crippen molar-refractivity contribution in [3.8, 4) is 0 Å². The Kier molecular flexibility index (Phi) is 2.71. The van der Waals surface area contributed by atoms with Gasteiger partial charge in [-0.2, -0.15) is 0 Å². The summed E-state index contributed by atoms with van der Waals surface area (Å²) < 4.78 is 2.23. The van der Waals surface area contributed by atoms with Gasteiger partial charge in [0, 0.05) is 18.1 Å². The fraction of sp³-hybridized carbons (Fsp3) is 0.200. The van der Waals surface area contributed by atoms with E-state index in [0.29, 0.717) is 0 Å². The Morgan fingerprint density at radius 2 is 1.89 bits per heavy atom. The Balaban J connectivity index is 2.17. The predicted molar refractivity (Wildman–Crippen MR) is 76.9 cm³/mol. The number of hydrogen-bond donors (Lipinski definition) is 1. The van der Waals surface area contributed by atoms with Crippen LogP contribution >= 0.6 is 0 Å². The first-order valence-electron chi connectivity index (χ1n) is 6.31. The van der Waals surface area contributed by atoms with Crippen LogP contribution in [0.15, 0.2) is 42.7 Å². The third kappa shape index (κ3) is 1.95. The Hall–Kier alpha value is -2.36. The largest absolute Gasteiger partial charge is 0.399 e. The number of aryl methyl sites for hydroxylation is 1. The third-order valence-corrected chi connectivity index (χ3v) is 3.47. The molecule has 2 aromatic heterocycles. The molecule has 0 bridgehead atoms. The summed E-state index contributed by atoms with van der Waals surface area (Å²) in [4.78, 5) is 8.65. The first-order chi connectivity index (χ1) is 9.16. The summed E-state index contributed by atoms with van der Waals surface area (Å²) in [6.45, 7) is 4.19. The van der Waals surface area contributed by atoms with Crippen LogP contribution in [0.5, 0.6) is 0 Å². The zero-order valence-corrected chi connectivity index (χ0v) is 11.0. The maximum absolute atomic E-state index is 5.81. The lowest BCUT2D eigenvalue weighted by atomic mass is 10.1. The van der Waals surface area contributed by atoms with Crippen LogP contribution in [0.1, 0.15) is 24.4 Å². The van der Waals surface area contributed by atoms with Crippen molar-refractivity contribution in [3.63, 3.8) is 0 Å². The molecule has 1 unspecified atom stereocenters. The Morgan fingerprint density at radius 1 is 1.16 bits per heavy atom. The minimum Gasteiger partial charge on any atom is -0.399 e. The number of anilines is 1. The Labute approximate surface area is 111 Å². The summed E-state index contributed by atoms with van der Waals surface area (Å²) in [7, 11) is 0. The quantitative estimate of drug-likeness (QED) is 0.713. The third-order valence-electron chi connectivity index (χ3n) is 3.47. The second-order valence-electron chi connectivity index (χ2n) is 4.73. The molecule has 0 saturated heterocycles. The maximum atomic E-state index is 5.81. The van der Waals surface area contributed by atoms with Gasteiger partial charge in [-0.05, 0) is 49.7 Å². The molecule has 0 spiro atoms. The van der Waals surface area contributed by atoms with Crippen LogP contribution in [-0.4, -0.2) is 14.5 Å². The molecular formula is C15H16N4. The van der Waals surface area contributed by atoms with Crippen molar-refractivity contribution in [2.75, 3.05) is 5.73 Å². The molecule has 2 heterocycles. The number of nitrogens with zero attached hydrogens (tertiary/aromatic N) is 3. The number of imidazole rings is 1. The fourth-order valence-electron chi connectivity index (χ4n) is 2.52. The highest BCUT2D eigenvalue weighted by Crippen LogP contribution is 2.26. The molecule has 0 amide bonds. The average molecular weight is 252 g/mol. The summed E-state index contributed by atoms with van der Waals surface area (Å²) in [6, 6.07) is 10.1. The van der Waals surface area contributed by atoms with Gasteiger partial charge in [0.05, 0.1) is 17.1 Å². The van der Waals surface area contributed by atoms with Gasteiger partial charge in [0.1, 0.15) is 5.82 Å². The number of nitrogen functional groups attached to an aromatic ring is 1. The van der Waals surface area contributed by atoms with Crippen molar-refractivity contribution >= 4 is 16.7 Å². The lowest BCUT2D eigenvalue weighted by molar-refractivity contribution is 0.636. The van der Waals surface area contributed by atoms with Gasteiger partial charge in [-0.3, -0.25) is 4.98 Å². The highest BCUT2D eigenvalue weighted by molar-refractivity contribution is 5.80. The summed E-state index contributed by atoms with van der Waals surface area (Å²) >= 11 is 0. The van der Waals surface area contributed by atoms with Gasteiger partial charge in [0.15, 0.2) is 0 Å². The van der Waals surface area contributed by atoms with E-state index in [4.69, 9.17) is 5.73 Å². The predicted octanol–water partition coefficient (Wildman–Crippen LogP) is 2.93. The molecule has 3 rings (SSSR count). The SMILES string of the molecule is Cc1nc2cc(N)ccc2n1C(C)c1ccncc1. The normalized spacial score (nSPS) is 12.7. The zero-order chi connectivity index (χ0) is 13.4. The number of benzene rings is 1. The van der Waals surface area contributed by atoms with Gasteiger partial charge < -0.3 is 10.3 Å². The molecule has 0 radical (unpaired) electrons. The van der Waals surface area contributed by atoms with E-state index in [2.05, 4.69) is 21.5 Å². The molecule has 4 nitrogen and oxygen atoms in total. The molecule has 0 saturated carbocycles. The second-order valence-corrected chi connectivity index (χ2v) is 4.73. The average Bonchev–Trinajstić information content (AvgIpc) is 2.74. The van der Waals surface area contributed by atoms with Crippen LogP contribution in [0.4, 0.5) is 5.69 Å². The van der Waals surface area contributed by atoms with Gasteiger partial charge in [0.2, 0.25) is 0 Å². The van der Waals surface area contributed by atoms with Gasteiger partial charge in [-0.25, -0.2) is 4.98 Å². The van der Waals surface area contributed by atoms with E-state index in [-0.39, 0.29) is 6.04 Å². The van der Waals surface area contributed by atoms with E-state index < -0.39 is 0 Å². The molecule has 1 atom stereocenters. The van der Waals surface area contributed by atoms with Crippen molar-refractivity contribution in [3.05, 3.63) is 54.1 Å². The minimum atomic E-state index is 0.219. The van der Waals surface area contributed by atoms with Crippen molar-refractivity contribution in [1.29, 1.82) is 0 Å². The van der Waals surface area contributed by atoms with Crippen LogP contribution in [0.2, 0.25) is 0 Å². The molecule has 19 heavy (non-hydrogen) atoms. The van der Waals surface area contributed by atoms with E-state index in [1.54, 1.807) is 0 Å². The highest BCUT2D eigenvalue weighted by atomic mass is 15.1. The summed E-state index contributed by atoms with van der Waals surface area (Å²) in [5.74, 6) is 0.991. The lowest BCUT2D eigenvalue weighted by Gasteiger charge is -2.16. The highest BCUT2D eigenvalue weighted by Gasteiger charge is 2.14. The van der Waals surface area contributed by atoms with Crippen molar-refractivity contribution < 1.29 is 0 Å². The standard InChI is InChI=1S/C15H16N4/c1-10(12-5-7-17-8-6-12)19-11(2)18-14-9-13(16)3-4-15(14)19/h3-10H,16H2,1-2H3. The molecule has 1 aromatic carbocycles. The molecule has 3 aromatic rings. The van der Waals surface area contributed by atoms with Crippen LogP contribution < -0.4 is 5.73 Å². The number of aromatic nitrogens is 3. The number of nitrogens with two attached hydrogens (primary N) is 1. The summed E-state index contributed by atoms with van der Waals surface area (Å²) in [5.41, 5.74) is 9.82. The molecule has 2 N–H and O–H groups in total. The van der Waals surface area contributed by atoms with E-state index in [1.165, 1.54) is 5.56 Å². The van der Waals surface area contributed by atoms with Crippen LogP contribution in [0.3, 0.4) is 0 Å². The lowest BCUT2D eigenvalue weighted by Crippen LogP contribution is -2.08. The second kappa shape index (κ2) is 4.39. The number of hydrogen-bond acceptors (Lipinski definition) is 3. The van der Waals surface area contributed by atoms with Crippen molar-refractivity contribution in [1.82, 2.24) is 14.5 Å². The Bertz CT molecular complexity index is 716.